The van der Waals surface area contributed by atoms with Gasteiger partial charge in [0.1, 0.15) is 0 Å². The molecule has 0 fully saturated rings. The van der Waals surface area contributed by atoms with E-state index in [9.17, 15) is 4.79 Å². The molecule has 1 aromatic carbocycles. The number of amides is 1. The molecule has 0 spiro atoms. The van der Waals surface area contributed by atoms with E-state index in [-0.39, 0.29) is 5.54 Å². The molecule has 1 heterocycles. The molecule has 1 aliphatic heterocycles. The van der Waals surface area contributed by atoms with Gasteiger partial charge in [-0.3, -0.25) is 4.79 Å². The molecule has 17 heavy (non-hydrogen) atoms. The van der Waals surface area contributed by atoms with E-state index >= 15 is 0 Å². The molecule has 0 saturated heterocycles. The largest absolute Gasteiger partial charge is 0.379 e. The molecule has 1 amide bonds. The summed E-state index contributed by atoms with van der Waals surface area (Å²) in [6, 6.07) is 6.32. The van der Waals surface area contributed by atoms with Gasteiger partial charge >= 0.3 is 0 Å². The van der Waals surface area contributed by atoms with Crippen LogP contribution in [0.5, 0.6) is 0 Å². The first-order valence-electron chi connectivity index (χ1n) is 5.77. The number of benzene rings is 1. The lowest BCUT2D eigenvalue weighted by atomic mass is 9.85. The summed E-state index contributed by atoms with van der Waals surface area (Å²) in [5.74, 6) is -0.419. The van der Waals surface area contributed by atoms with Crippen LogP contribution in [0.1, 0.15) is 30.5 Å². The topological polar surface area (TPSA) is 55.1 Å². The summed E-state index contributed by atoms with van der Waals surface area (Å²) in [7, 11) is 0. The maximum atomic E-state index is 11.1. The van der Waals surface area contributed by atoms with Crippen molar-refractivity contribution in [3.8, 4) is 0 Å². The molecule has 0 unspecified atom stereocenters. The lowest BCUT2D eigenvalue weighted by Crippen LogP contribution is -2.44. The number of aryl methyl sites for hydroxylation is 1. The van der Waals surface area contributed by atoms with Crippen molar-refractivity contribution in [2.24, 2.45) is 5.73 Å². The monoisotopic (exact) mass is 230 g/mol. The fraction of sp³-hybridized carbons (Fsp3) is 0.357. The van der Waals surface area contributed by atoms with E-state index in [0.29, 0.717) is 0 Å². The molecule has 0 atom stereocenters. The first kappa shape index (κ1) is 11.7. The summed E-state index contributed by atoms with van der Waals surface area (Å²) in [6.07, 6.45) is 2.41. The molecular weight excluding hydrogens is 212 g/mol. The number of carbonyl (C=O) groups excluding carboxylic acids is 1. The molecule has 90 valence electrons. The van der Waals surface area contributed by atoms with E-state index in [1.165, 1.54) is 17.2 Å². The summed E-state index contributed by atoms with van der Waals surface area (Å²) < 4.78 is 0. The number of hydrogen-bond acceptors (Lipinski definition) is 2. The van der Waals surface area contributed by atoms with Gasteiger partial charge in [0.25, 0.3) is 0 Å². The Morgan fingerprint density at radius 3 is 2.82 bits per heavy atom. The van der Waals surface area contributed by atoms with Gasteiger partial charge in [0, 0.05) is 22.9 Å². The SMILES string of the molecule is Cc1ccc2c(c1)C(=CC(N)=O)NC(C)(C)C2. The van der Waals surface area contributed by atoms with Crippen LogP contribution in [0, 0.1) is 6.92 Å². The second-order valence-corrected chi connectivity index (χ2v) is 5.31. The van der Waals surface area contributed by atoms with Gasteiger partial charge in [0.05, 0.1) is 0 Å². The second kappa shape index (κ2) is 3.91. The van der Waals surface area contributed by atoms with Crippen molar-refractivity contribution < 1.29 is 4.79 Å². The van der Waals surface area contributed by atoms with Gasteiger partial charge in [-0.05, 0) is 38.8 Å². The molecule has 1 aromatic rings. The first-order valence-corrected chi connectivity index (χ1v) is 5.77. The van der Waals surface area contributed by atoms with Gasteiger partial charge in [-0.2, -0.15) is 0 Å². The Labute approximate surface area is 102 Å². The highest BCUT2D eigenvalue weighted by atomic mass is 16.1. The molecule has 2 rings (SSSR count). The Morgan fingerprint density at radius 2 is 2.18 bits per heavy atom. The van der Waals surface area contributed by atoms with E-state index in [1.807, 2.05) is 6.92 Å². The van der Waals surface area contributed by atoms with Crippen LogP contribution in [0.3, 0.4) is 0 Å². The highest BCUT2D eigenvalue weighted by molar-refractivity contribution is 5.94. The van der Waals surface area contributed by atoms with Crippen LogP contribution in [-0.2, 0) is 11.2 Å². The minimum Gasteiger partial charge on any atom is -0.379 e. The quantitative estimate of drug-likeness (QED) is 0.722. The minimum atomic E-state index is -0.419. The molecule has 0 bridgehead atoms. The zero-order valence-corrected chi connectivity index (χ0v) is 10.5. The van der Waals surface area contributed by atoms with Gasteiger partial charge in [0.15, 0.2) is 0 Å². The summed E-state index contributed by atoms with van der Waals surface area (Å²) in [6.45, 7) is 6.27. The fourth-order valence-electron chi connectivity index (χ4n) is 2.30. The van der Waals surface area contributed by atoms with Crippen LogP contribution in [0.25, 0.3) is 5.70 Å². The van der Waals surface area contributed by atoms with Crippen LogP contribution in [0.2, 0.25) is 0 Å². The molecule has 0 aromatic heterocycles. The molecular formula is C14H18N2O. The minimum absolute atomic E-state index is 0.0520. The van der Waals surface area contributed by atoms with E-state index in [4.69, 9.17) is 5.73 Å². The number of rotatable bonds is 1. The van der Waals surface area contributed by atoms with Gasteiger partial charge in [-0.25, -0.2) is 0 Å². The number of primary amides is 1. The van der Waals surface area contributed by atoms with Gasteiger partial charge in [-0.1, -0.05) is 17.7 Å². The van der Waals surface area contributed by atoms with Crippen molar-refractivity contribution in [1.29, 1.82) is 0 Å². The van der Waals surface area contributed by atoms with Crippen LogP contribution in [0.4, 0.5) is 0 Å². The third kappa shape index (κ3) is 2.49. The highest BCUT2D eigenvalue weighted by Gasteiger charge is 2.27. The molecule has 3 heteroatoms. The summed E-state index contributed by atoms with van der Waals surface area (Å²) in [5.41, 5.74) is 9.55. The van der Waals surface area contributed by atoms with Crippen molar-refractivity contribution in [2.45, 2.75) is 32.7 Å². The molecule has 0 aliphatic carbocycles. The van der Waals surface area contributed by atoms with Crippen molar-refractivity contribution in [3.05, 3.63) is 41.0 Å². The van der Waals surface area contributed by atoms with Crippen molar-refractivity contribution >= 4 is 11.6 Å². The smallest absolute Gasteiger partial charge is 0.243 e. The molecule has 0 radical (unpaired) electrons. The van der Waals surface area contributed by atoms with Crippen LogP contribution in [0.15, 0.2) is 24.3 Å². The second-order valence-electron chi connectivity index (χ2n) is 5.31. The lowest BCUT2D eigenvalue weighted by Gasteiger charge is -2.35. The molecule has 3 N–H and O–H groups in total. The summed E-state index contributed by atoms with van der Waals surface area (Å²) >= 11 is 0. The normalized spacial score (nSPS) is 19.6. The van der Waals surface area contributed by atoms with E-state index < -0.39 is 5.91 Å². The predicted octanol–water partition coefficient (Wildman–Crippen LogP) is 1.75. The Hall–Kier alpha value is -1.77. The van der Waals surface area contributed by atoms with E-state index in [1.54, 1.807) is 0 Å². The molecule has 1 aliphatic rings. The average molecular weight is 230 g/mol. The number of carbonyl (C=O) groups is 1. The Balaban J connectivity index is 2.56. The standard InChI is InChI=1S/C14H18N2O/c1-9-4-5-10-8-14(2,3)16-12(7-13(15)17)11(10)6-9/h4-7,16H,8H2,1-3H3,(H2,15,17). The lowest BCUT2D eigenvalue weighted by molar-refractivity contribution is -0.113. The number of hydrogen-bond donors (Lipinski definition) is 2. The van der Waals surface area contributed by atoms with Crippen molar-refractivity contribution in [1.82, 2.24) is 5.32 Å². The molecule has 3 nitrogen and oxygen atoms in total. The van der Waals surface area contributed by atoms with Crippen molar-refractivity contribution in [2.75, 3.05) is 0 Å². The summed E-state index contributed by atoms with van der Waals surface area (Å²) in [4.78, 5) is 11.1. The van der Waals surface area contributed by atoms with E-state index in [0.717, 1.165) is 17.7 Å². The third-order valence-electron chi connectivity index (χ3n) is 2.95. The van der Waals surface area contributed by atoms with Gasteiger partial charge in [0.2, 0.25) is 5.91 Å². The maximum absolute atomic E-state index is 11.1. The fourth-order valence-corrected chi connectivity index (χ4v) is 2.30. The zero-order valence-electron chi connectivity index (χ0n) is 10.5. The Morgan fingerprint density at radius 1 is 1.47 bits per heavy atom. The highest BCUT2D eigenvalue weighted by Crippen LogP contribution is 2.30. The number of nitrogens with one attached hydrogen (secondary N) is 1. The zero-order chi connectivity index (χ0) is 12.6. The van der Waals surface area contributed by atoms with Crippen LogP contribution in [-0.4, -0.2) is 11.4 Å². The van der Waals surface area contributed by atoms with Gasteiger partial charge < -0.3 is 11.1 Å². The maximum Gasteiger partial charge on any atom is 0.243 e. The number of fused-ring (bicyclic) bond motifs is 1. The van der Waals surface area contributed by atoms with E-state index in [2.05, 4.69) is 37.4 Å². The first-order chi connectivity index (χ1) is 7.87. The van der Waals surface area contributed by atoms with Crippen molar-refractivity contribution in [3.63, 3.8) is 0 Å². The summed E-state index contributed by atoms with van der Waals surface area (Å²) in [5, 5.41) is 3.37. The third-order valence-corrected chi connectivity index (χ3v) is 2.95. The average Bonchev–Trinajstić information content (AvgIpc) is 2.17. The van der Waals surface area contributed by atoms with Gasteiger partial charge in [-0.15, -0.1) is 0 Å². The Bertz CT molecular complexity index is 501. The van der Waals surface area contributed by atoms with Crippen LogP contribution >= 0.6 is 0 Å². The number of nitrogens with two attached hydrogens (primary N) is 1. The predicted molar refractivity (Wildman–Crippen MR) is 69.3 cm³/mol. The van der Waals surface area contributed by atoms with Crippen LogP contribution < -0.4 is 11.1 Å². The molecule has 0 saturated carbocycles. The Kier molecular flexibility index (Phi) is 2.69.